The summed E-state index contributed by atoms with van der Waals surface area (Å²) in [6.07, 6.45) is 3.99. The maximum Gasteiger partial charge on any atom is 0.255 e. The van der Waals surface area contributed by atoms with Crippen LogP contribution in [-0.2, 0) is 0 Å². The van der Waals surface area contributed by atoms with Crippen LogP contribution in [0.25, 0.3) is 11.3 Å². The van der Waals surface area contributed by atoms with Crippen LogP contribution in [0.5, 0.6) is 11.5 Å². The molecule has 4 rings (SSSR count). The molecule has 0 saturated carbocycles. The number of rotatable bonds is 6. The molecule has 1 aliphatic rings. The molecule has 1 aliphatic heterocycles. The summed E-state index contributed by atoms with van der Waals surface area (Å²) in [5.74, 6) is 1.92. The van der Waals surface area contributed by atoms with Crippen LogP contribution in [0.1, 0.15) is 23.2 Å². The zero-order valence-electron chi connectivity index (χ0n) is 17.1. The Balaban J connectivity index is 1.48. The van der Waals surface area contributed by atoms with E-state index in [1.807, 2.05) is 18.2 Å². The minimum absolute atomic E-state index is 0.200. The van der Waals surface area contributed by atoms with E-state index < -0.39 is 0 Å². The van der Waals surface area contributed by atoms with Gasteiger partial charge < -0.3 is 19.7 Å². The number of nitrogens with one attached hydrogen (secondary N) is 1. The van der Waals surface area contributed by atoms with Crippen LogP contribution in [0.3, 0.4) is 0 Å². The predicted octanol–water partition coefficient (Wildman–Crippen LogP) is 4.01. The lowest BCUT2D eigenvalue weighted by atomic mass is 10.1. The van der Waals surface area contributed by atoms with Crippen LogP contribution in [0.2, 0.25) is 0 Å². The maximum atomic E-state index is 12.6. The zero-order valence-corrected chi connectivity index (χ0v) is 17.1. The van der Waals surface area contributed by atoms with E-state index in [0.717, 1.165) is 30.2 Å². The van der Waals surface area contributed by atoms with Crippen LogP contribution >= 0.6 is 0 Å². The summed E-state index contributed by atoms with van der Waals surface area (Å²) in [7, 11) is 3.13. The van der Waals surface area contributed by atoms with Crippen molar-refractivity contribution in [1.82, 2.24) is 9.97 Å². The Kier molecular flexibility index (Phi) is 5.79. The average molecular weight is 404 g/mol. The minimum atomic E-state index is -0.200. The van der Waals surface area contributed by atoms with E-state index in [9.17, 15) is 4.79 Å². The standard InChI is InChI=1S/C23H24N4O3/c1-29-20-10-9-18(13-21(20)30-2)26-23(28)17-7-5-16(6-8-17)19-14-22(25-15-24-19)27-11-3-4-12-27/h5-10,13-15H,3-4,11-12H2,1-2H3,(H,26,28). The lowest BCUT2D eigenvalue weighted by molar-refractivity contribution is 0.102. The van der Waals surface area contributed by atoms with Crippen LogP contribution in [-0.4, -0.2) is 43.2 Å². The molecule has 0 aliphatic carbocycles. The Labute approximate surface area is 175 Å². The van der Waals surface area contributed by atoms with Gasteiger partial charge >= 0.3 is 0 Å². The molecular weight excluding hydrogens is 380 g/mol. The summed E-state index contributed by atoms with van der Waals surface area (Å²) in [5.41, 5.74) is 2.98. The third-order valence-electron chi connectivity index (χ3n) is 5.17. The number of nitrogens with zero attached hydrogens (tertiary/aromatic N) is 3. The summed E-state index contributed by atoms with van der Waals surface area (Å²) in [6, 6.07) is 14.7. The smallest absolute Gasteiger partial charge is 0.255 e. The Bertz CT molecular complexity index is 1030. The monoisotopic (exact) mass is 404 g/mol. The van der Waals surface area contributed by atoms with Gasteiger partial charge in [-0.1, -0.05) is 12.1 Å². The fraction of sp³-hybridized carbons (Fsp3) is 0.261. The number of aromatic nitrogens is 2. The van der Waals surface area contributed by atoms with Crippen molar-refractivity contribution in [1.29, 1.82) is 0 Å². The first-order chi connectivity index (χ1) is 14.7. The van der Waals surface area contributed by atoms with E-state index in [1.54, 1.807) is 50.9 Å². The number of hydrogen-bond donors (Lipinski definition) is 1. The number of methoxy groups -OCH3 is 2. The number of benzene rings is 2. The van der Waals surface area contributed by atoms with Gasteiger partial charge in [0.25, 0.3) is 5.91 Å². The fourth-order valence-corrected chi connectivity index (χ4v) is 3.53. The predicted molar refractivity (Wildman–Crippen MR) is 116 cm³/mol. The summed E-state index contributed by atoms with van der Waals surface area (Å²) in [4.78, 5) is 23.7. The molecular formula is C23H24N4O3. The molecule has 3 aromatic rings. The van der Waals surface area contributed by atoms with Crippen molar-refractivity contribution in [3.8, 4) is 22.8 Å². The van der Waals surface area contributed by atoms with Crippen LogP contribution in [0.4, 0.5) is 11.5 Å². The van der Waals surface area contributed by atoms with E-state index in [-0.39, 0.29) is 5.91 Å². The van der Waals surface area contributed by atoms with Gasteiger partial charge in [0.1, 0.15) is 12.1 Å². The Morgan fingerprint density at radius 2 is 1.67 bits per heavy atom. The molecule has 2 heterocycles. The quantitative estimate of drug-likeness (QED) is 0.669. The molecule has 154 valence electrons. The number of carbonyl (C=O) groups is 1. The zero-order chi connectivity index (χ0) is 20.9. The summed E-state index contributed by atoms with van der Waals surface area (Å²) >= 11 is 0. The van der Waals surface area contributed by atoms with E-state index in [4.69, 9.17) is 9.47 Å². The SMILES string of the molecule is COc1ccc(NC(=O)c2ccc(-c3cc(N4CCCC4)ncn3)cc2)cc1OC. The first-order valence-corrected chi connectivity index (χ1v) is 9.89. The first-order valence-electron chi connectivity index (χ1n) is 9.89. The molecule has 1 fully saturated rings. The Hall–Kier alpha value is -3.61. The molecule has 1 amide bonds. The van der Waals surface area contributed by atoms with Gasteiger partial charge in [-0.3, -0.25) is 4.79 Å². The number of ether oxygens (including phenoxy) is 2. The Morgan fingerprint density at radius 1 is 0.933 bits per heavy atom. The van der Waals surface area contributed by atoms with Gasteiger partial charge in [-0.15, -0.1) is 0 Å². The van der Waals surface area contributed by atoms with Crippen molar-refractivity contribution in [2.75, 3.05) is 37.5 Å². The van der Waals surface area contributed by atoms with Crippen LogP contribution in [0, 0.1) is 0 Å². The minimum Gasteiger partial charge on any atom is -0.493 e. The lowest BCUT2D eigenvalue weighted by Crippen LogP contribution is -2.19. The molecule has 0 unspecified atom stereocenters. The van der Waals surface area contributed by atoms with E-state index in [1.165, 1.54) is 12.8 Å². The van der Waals surface area contributed by atoms with E-state index in [0.29, 0.717) is 22.7 Å². The maximum absolute atomic E-state index is 12.6. The van der Waals surface area contributed by atoms with Crippen LogP contribution < -0.4 is 19.7 Å². The van der Waals surface area contributed by atoms with E-state index >= 15 is 0 Å². The average Bonchev–Trinajstić information content (AvgIpc) is 3.34. The molecule has 30 heavy (non-hydrogen) atoms. The lowest BCUT2D eigenvalue weighted by Gasteiger charge is -2.16. The summed E-state index contributed by atoms with van der Waals surface area (Å²) in [5, 5.41) is 2.88. The number of anilines is 2. The van der Waals surface area contributed by atoms with Crippen molar-refractivity contribution >= 4 is 17.4 Å². The van der Waals surface area contributed by atoms with Crippen LogP contribution in [0.15, 0.2) is 54.9 Å². The molecule has 2 aromatic carbocycles. The molecule has 0 atom stereocenters. The second kappa shape index (κ2) is 8.82. The van der Waals surface area contributed by atoms with Gasteiger partial charge in [-0.2, -0.15) is 0 Å². The Morgan fingerprint density at radius 3 is 2.37 bits per heavy atom. The molecule has 0 spiro atoms. The fourth-order valence-electron chi connectivity index (χ4n) is 3.53. The van der Waals surface area contributed by atoms with Gasteiger partial charge in [0.05, 0.1) is 19.9 Å². The van der Waals surface area contributed by atoms with Gasteiger partial charge in [0, 0.05) is 42.0 Å². The molecule has 7 nitrogen and oxygen atoms in total. The van der Waals surface area contributed by atoms with E-state index in [2.05, 4.69) is 20.2 Å². The summed E-state index contributed by atoms with van der Waals surface area (Å²) < 4.78 is 10.5. The third-order valence-corrected chi connectivity index (χ3v) is 5.17. The van der Waals surface area contributed by atoms with Crippen molar-refractivity contribution in [2.24, 2.45) is 0 Å². The van der Waals surface area contributed by atoms with Crippen molar-refractivity contribution in [3.05, 3.63) is 60.4 Å². The highest BCUT2D eigenvalue weighted by atomic mass is 16.5. The summed E-state index contributed by atoms with van der Waals surface area (Å²) in [6.45, 7) is 2.07. The molecule has 0 bridgehead atoms. The highest BCUT2D eigenvalue weighted by molar-refractivity contribution is 6.04. The largest absolute Gasteiger partial charge is 0.493 e. The number of hydrogen-bond acceptors (Lipinski definition) is 6. The normalized spacial score (nSPS) is 13.2. The highest BCUT2D eigenvalue weighted by Gasteiger charge is 2.15. The molecule has 7 heteroatoms. The number of carbonyl (C=O) groups excluding carboxylic acids is 1. The van der Waals surface area contributed by atoms with Crippen molar-refractivity contribution in [3.63, 3.8) is 0 Å². The topological polar surface area (TPSA) is 76.6 Å². The molecule has 1 N–H and O–H groups in total. The molecule has 1 aromatic heterocycles. The highest BCUT2D eigenvalue weighted by Crippen LogP contribution is 2.30. The van der Waals surface area contributed by atoms with Crippen molar-refractivity contribution in [2.45, 2.75) is 12.8 Å². The van der Waals surface area contributed by atoms with Gasteiger partial charge in [-0.05, 0) is 37.1 Å². The first kappa shape index (κ1) is 19.7. The van der Waals surface area contributed by atoms with Gasteiger partial charge in [0.15, 0.2) is 11.5 Å². The second-order valence-corrected chi connectivity index (χ2v) is 7.06. The molecule has 1 saturated heterocycles. The van der Waals surface area contributed by atoms with Gasteiger partial charge in [-0.25, -0.2) is 9.97 Å². The third kappa shape index (κ3) is 4.20. The molecule has 0 radical (unpaired) electrons. The van der Waals surface area contributed by atoms with Gasteiger partial charge in [0.2, 0.25) is 0 Å². The second-order valence-electron chi connectivity index (χ2n) is 7.06. The number of amides is 1. The van der Waals surface area contributed by atoms with Crippen molar-refractivity contribution < 1.29 is 14.3 Å².